The van der Waals surface area contributed by atoms with Gasteiger partial charge < -0.3 is 10.6 Å². The summed E-state index contributed by atoms with van der Waals surface area (Å²) < 4.78 is 0. The topological polar surface area (TPSA) is 41.6 Å². The molecule has 0 amide bonds. The van der Waals surface area contributed by atoms with Crippen molar-refractivity contribution in [2.45, 2.75) is 58.0 Å². The van der Waals surface area contributed by atoms with Gasteiger partial charge in [0.25, 0.3) is 0 Å². The molecule has 1 saturated carbocycles. The van der Waals surface area contributed by atoms with E-state index in [9.17, 15) is 0 Å². The molecule has 0 radical (unpaired) electrons. The van der Waals surface area contributed by atoms with E-state index in [1.807, 2.05) is 0 Å². The molecule has 1 heterocycles. The summed E-state index contributed by atoms with van der Waals surface area (Å²) in [6.45, 7) is 5.49. The number of rotatable bonds is 3. The van der Waals surface area contributed by atoms with Gasteiger partial charge >= 0.3 is 0 Å². The molecular weight excluding hydrogens is 186 g/mol. The van der Waals surface area contributed by atoms with Crippen molar-refractivity contribution in [3.8, 4) is 0 Å². The molecule has 2 atom stereocenters. The van der Waals surface area contributed by atoms with Crippen LogP contribution in [0.1, 0.15) is 46.0 Å². The van der Waals surface area contributed by atoms with Crippen LogP contribution in [-0.4, -0.2) is 29.5 Å². The van der Waals surface area contributed by atoms with E-state index in [1.54, 1.807) is 0 Å². The van der Waals surface area contributed by atoms with Gasteiger partial charge in [-0.25, -0.2) is 0 Å². The van der Waals surface area contributed by atoms with E-state index >= 15 is 0 Å². The second kappa shape index (κ2) is 4.42. The van der Waals surface area contributed by atoms with Crippen LogP contribution in [0.15, 0.2) is 4.99 Å². The van der Waals surface area contributed by atoms with Gasteiger partial charge in [-0.05, 0) is 18.8 Å². The van der Waals surface area contributed by atoms with E-state index in [2.05, 4.69) is 23.7 Å². The van der Waals surface area contributed by atoms with Gasteiger partial charge in [0.15, 0.2) is 5.96 Å². The number of nitrogens with two attached hydrogens (primary N) is 1. The average molecular weight is 209 g/mol. The fraction of sp³-hybridized carbons (Fsp3) is 0.917. The molecule has 3 nitrogen and oxygen atoms in total. The molecule has 86 valence electrons. The van der Waals surface area contributed by atoms with Gasteiger partial charge in [0, 0.05) is 6.04 Å². The molecule has 0 aromatic heterocycles. The van der Waals surface area contributed by atoms with Gasteiger partial charge in [-0.2, -0.15) is 0 Å². The first kappa shape index (κ1) is 10.8. The first-order valence-corrected chi connectivity index (χ1v) is 6.32. The first-order valence-electron chi connectivity index (χ1n) is 6.32. The molecule has 2 unspecified atom stereocenters. The molecule has 0 spiro atoms. The Morgan fingerprint density at radius 2 is 2.13 bits per heavy atom. The minimum atomic E-state index is 0.568. The zero-order chi connectivity index (χ0) is 10.8. The van der Waals surface area contributed by atoms with Crippen molar-refractivity contribution in [1.82, 2.24) is 4.90 Å². The van der Waals surface area contributed by atoms with Crippen LogP contribution in [0.5, 0.6) is 0 Å². The molecule has 0 aromatic carbocycles. The highest BCUT2D eigenvalue weighted by atomic mass is 15.3. The molecule has 0 aromatic rings. The summed E-state index contributed by atoms with van der Waals surface area (Å²) in [6.07, 6.45) is 6.56. The molecule has 1 aliphatic carbocycles. The molecule has 0 saturated heterocycles. The van der Waals surface area contributed by atoms with Crippen molar-refractivity contribution in [1.29, 1.82) is 0 Å². The lowest BCUT2D eigenvalue weighted by molar-refractivity contribution is 0.202. The van der Waals surface area contributed by atoms with Crippen LogP contribution < -0.4 is 5.73 Å². The monoisotopic (exact) mass is 209 g/mol. The van der Waals surface area contributed by atoms with E-state index in [4.69, 9.17) is 5.73 Å². The van der Waals surface area contributed by atoms with E-state index in [0.717, 1.165) is 12.5 Å². The fourth-order valence-corrected chi connectivity index (χ4v) is 2.89. The minimum Gasteiger partial charge on any atom is -0.370 e. The first-order chi connectivity index (χ1) is 7.24. The average Bonchev–Trinajstić information content (AvgIpc) is 2.85. The second-order valence-electron chi connectivity index (χ2n) is 5.00. The highest BCUT2D eigenvalue weighted by molar-refractivity contribution is 5.80. The number of guanidine groups is 1. The summed E-state index contributed by atoms with van der Waals surface area (Å²) in [7, 11) is 0. The van der Waals surface area contributed by atoms with E-state index in [1.165, 1.54) is 32.1 Å². The maximum absolute atomic E-state index is 6.02. The van der Waals surface area contributed by atoms with Gasteiger partial charge in [-0.15, -0.1) is 0 Å². The maximum atomic E-state index is 6.02. The normalized spacial score (nSPS) is 29.6. The van der Waals surface area contributed by atoms with Crippen molar-refractivity contribution >= 4 is 5.96 Å². The van der Waals surface area contributed by atoms with Gasteiger partial charge in [0.1, 0.15) is 0 Å². The third-order valence-corrected chi connectivity index (χ3v) is 4.08. The molecule has 2 N–H and O–H groups in total. The van der Waals surface area contributed by atoms with E-state index < -0.39 is 0 Å². The van der Waals surface area contributed by atoms with Crippen LogP contribution in [-0.2, 0) is 0 Å². The third kappa shape index (κ3) is 1.97. The lowest BCUT2D eigenvalue weighted by Gasteiger charge is -2.35. The highest BCUT2D eigenvalue weighted by Gasteiger charge is 2.35. The van der Waals surface area contributed by atoms with Crippen LogP contribution in [0.3, 0.4) is 0 Å². The van der Waals surface area contributed by atoms with Crippen molar-refractivity contribution in [3.05, 3.63) is 0 Å². The molecule has 1 fully saturated rings. The quantitative estimate of drug-likeness (QED) is 0.772. The Labute approximate surface area is 92.7 Å². The van der Waals surface area contributed by atoms with Gasteiger partial charge in [0.2, 0.25) is 0 Å². The van der Waals surface area contributed by atoms with Gasteiger partial charge in [-0.3, -0.25) is 4.99 Å². The zero-order valence-electron chi connectivity index (χ0n) is 9.95. The molecular formula is C12H23N3. The Hall–Kier alpha value is -0.730. The Morgan fingerprint density at radius 3 is 2.73 bits per heavy atom. The van der Waals surface area contributed by atoms with Crippen molar-refractivity contribution in [3.63, 3.8) is 0 Å². The second-order valence-corrected chi connectivity index (χ2v) is 5.00. The Bertz CT molecular complexity index is 243. The Balaban J connectivity index is 2.07. The van der Waals surface area contributed by atoms with Crippen molar-refractivity contribution in [2.75, 3.05) is 6.54 Å². The van der Waals surface area contributed by atoms with Crippen LogP contribution >= 0.6 is 0 Å². The third-order valence-electron chi connectivity index (χ3n) is 4.08. The summed E-state index contributed by atoms with van der Waals surface area (Å²) in [4.78, 5) is 6.85. The summed E-state index contributed by atoms with van der Waals surface area (Å²) in [5, 5.41) is 0. The SMILES string of the molecule is CCC(C)C1CN=C(N)N1C1CCCC1. The summed E-state index contributed by atoms with van der Waals surface area (Å²) in [6, 6.07) is 1.24. The molecule has 0 bridgehead atoms. The Morgan fingerprint density at radius 1 is 1.47 bits per heavy atom. The number of hydrogen-bond donors (Lipinski definition) is 1. The van der Waals surface area contributed by atoms with Crippen LogP contribution in [0, 0.1) is 5.92 Å². The minimum absolute atomic E-state index is 0.568. The zero-order valence-corrected chi connectivity index (χ0v) is 9.95. The predicted octanol–water partition coefficient (Wildman–Crippen LogP) is 1.97. The van der Waals surface area contributed by atoms with Crippen LogP contribution in [0.25, 0.3) is 0 Å². The Kier molecular flexibility index (Phi) is 3.17. The molecule has 15 heavy (non-hydrogen) atoms. The van der Waals surface area contributed by atoms with Crippen molar-refractivity contribution in [2.24, 2.45) is 16.6 Å². The number of aliphatic imine (C=N–C) groups is 1. The van der Waals surface area contributed by atoms with Crippen molar-refractivity contribution < 1.29 is 0 Å². The molecule has 3 heteroatoms. The number of hydrogen-bond acceptors (Lipinski definition) is 3. The highest BCUT2D eigenvalue weighted by Crippen LogP contribution is 2.30. The van der Waals surface area contributed by atoms with Crippen LogP contribution in [0.4, 0.5) is 0 Å². The smallest absolute Gasteiger partial charge is 0.191 e. The largest absolute Gasteiger partial charge is 0.370 e. The predicted molar refractivity (Wildman–Crippen MR) is 63.8 cm³/mol. The number of nitrogens with zero attached hydrogens (tertiary/aromatic N) is 2. The lowest BCUT2D eigenvalue weighted by atomic mass is 9.97. The molecule has 2 aliphatic rings. The van der Waals surface area contributed by atoms with E-state index in [-0.39, 0.29) is 0 Å². The summed E-state index contributed by atoms with van der Waals surface area (Å²) in [5.74, 6) is 1.50. The maximum Gasteiger partial charge on any atom is 0.191 e. The summed E-state index contributed by atoms with van der Waals surface area (Å²) >= 11 is 0. The van der Waals surface area contributed by atoms with Gasteiger partial charge in [0.05, 0.1) is 12.6 Å². The lowest BCUT2D eigenvalue weighted by Crippen LogP contribution is -2.48. The summed E-state index contributed by atoms with van der Waals surface area (Å²) in [5.41, 5.74) is 6.02. The standard InChI is InChI=1S/C12H23N3/c1-3-9(2)11-8-14-12(13)15(11)10-6-4-5-7-10/h9-11H,3-8H2,1-2H3,(H2,13,14). The van der Waals surface area contributed by atoms with Gasteiger partial charge in [-0.1, -0.05) is 33.1 Å². The fourth-order valence-electron chi connectivity index (χ4n) is 2.89. The molecule has 1 aliphatic heterocycles. The molecule has 2 rings (SSSR count). The van der Waals surface area contributed by atoms with Crippen LogP contribution in [0.2, 0.25) is 0 Å². The van der Waals surface area contributed by atoms with E-state index in [0.29, 0.717) is 18.0 Å².